The minimum absolute atomic E-state index is 0.0173. The van der Waals surface area contributed by atoms with Crippen molar-refractivity contribution in [1.29, 1.82) is 0 Å². The van der Waals surface area contributed by atoms with Crippen LogP contribution in [0.5, 0.6) is 0 Å². The van der Waals surface area contributed by atoms with Gasteiger partial charge < -0.3 is 16.4 Å². The minimum Gasteiger partial charge on any atom is -0.352 e. The summed E-state index contributed by atoms with van der Waals surface area (Å²) in [7, 11) is 0. The van der Waals surface area contributed by atoms with Gasteiger partial charge in [0.2, 0.25) is 5.91 Å². The lowest BCUT2D eigenvalue weighted by Gasteiger charge is -2.07. The Kier molecular flexibility index (Phi) is 7.35. The van der Waals surface area contributed by atoms with Crippen LogP contribution in [0.2, 0.25) is 0 Å². The Labute approximate surface area is 119 Å². The van der Waals surface area contributed by atoms with Crippen LogP contribution in [-0.4, -0.2) is 24.9 Å². The molecule has 110 valence electrons. The van der Waals surface area contributed by atoms with Crippen molar-refractivity contribution in [3.8, 4) is 0 Å². The molecule has 0 heterocycles. The molecule has 1 rings (SSSR count). The van der Waals surface area contributed by atoms with E-state index in [1.165, 1.54) is 0 Å². The summed E-state index contributed by atoms with van der Waals surface area (Å²) in [4.78, 5) is 23.3. The number of nitrogens with two attached hydrogens (primary N) is 1. The van der Waals surface area contributed by atoms with Crippen LogP contribution in [0.3, 0.4) is 0 Å². The zero-order valence-electron chi connectivity index (χ0n) is 11.9. The Balaban J connectivity index is 2.51. The van der Waals surface area contributed by atoms with Crippen LogP contribution in [0.15, 0.2) is 24.3 Å². The Morgan fingerprint density at radius 1 is 1.25 bits per heavy atom. The van der Waals surface area contributed by atoms with Crippen molar-refractivity contribution in [3.05, 3.63) is 35.4 Å². The summed E-state index contributed by atoms with van der Waals surface area (Å²) in [5.41, 5.74) is 6.88. The Hall–Kier alpha value is -1.88. The molecule has 0 saturated heterocycles. The molecular weight excluding hydrogens is 254 g/mol. The molecule has 1 aromatic rings. The number of nitrogens with one attached hydrogen (secondary N) is 2. The van der Waals surface area contributed by atoms with Crippen LogP contribution in [-0.2, 0) is 11.3 Å². The van der Waals surface area contributed by atoms with Crippen LogP contribution < -0.4 is 16.4 Å². The number of carbonyl (C=O) groups is 2. The average Bonchev–Trinajstić information content (AvgIpc) is 2.48. The molecule has 0 unspecified atom stereocenters. The maximum atomic E-state index is 11.8. The van der Waals surface area contributed by atoms with E-state index < -0.39 is 0 Å². The van der Waals surface area contributed by atoms with Crippen molar-refractivity contribution in [2.24, 2.45) is 5.73 Å². The van der Waals surface area contributed by atoms with E-state index in [1.54, 1.807) is 12.1 Å². The van der Waals surface area contributed by atoms with E-state index in [0.717, 1.165) is 12.0 Å². The van der Waals surface area contributed by atoms with Crippen LogP contribution in [0.1, 0.15) is 42.1 Å². The van der Waals surface area contributed by atoms with Crippen molar-refractivity contribution in [2.75, 3.05) is 13.1 Å². The van der Waals surface area contributed by atoms with Crippen molar-refractivity contribution in [1.82, 2.24) is 10.6 Å². The summed E-state index contributed by atoms with van der Waals surface area (Å²) >= 11 is 0. The molecule has 0 radical (unpaired) electrons. The van der Waals surface area contributed by atoms with E-state index in [1.807, 2.05) is 19.1 Å². The maximum absolute atomic E-state index is 11.8. The van der Waals surface area contributed by atoms with Crippen molar-refractivity contribution < 1.29 is 9.59 Å². The van der Waals surface area contributed by atoms with Crippen molar-refractivity contribution in [3.63, 3.8) is 0 Å². The third-order valence-electron chi connectivity index (χ3n) is 2.82. The molecule has 2 amide bonds. The molecule has 0 aliphatic carbocycles. The minimum atomic E-state index is -0.0804. The predicted molar refractivity (Wildman–Crippen MR) is 79.2 cm³/mol. The van der Waals surface area contributed by atoms with Gasteiger partial charge in [-0.15, -0.1) is 0 Å². The third-order valence-corrected chi connectivity index (χ3v) is 2.82. The number of amides is 2. The summed E-state index contributed by atoms with van der Waals surface area (Å²) in [6, 6.07) is 7.28. The van der Waals surface area contributed by atoms with Crippen molar-refractivity contribution >= 4 is 11.8 Å². The van der Waals surface area contributed by atoms with E-state index in [4.69, 9.17) is 5.73 Å². The average molecular weight is 277 g/mol. The number of carbonyl (C=O) groups excluding carboxylic acids is 2. The van der Waals surface area contributed by atoms with Gasteiger partial charge in [-0.25, -0.2) is 0 Å². The molecule has 0 bridgehead atoms. The SMILES string of the molecule is CCCNC(=O)c1cccc(CNC(=O)CCCN)c1. The van der Waals surface area contributed by atoms with Gasteiger partial charge in [-0.2, -0.15) is 0 Å². The molecule has 0 fully saturated rings. The monoisotopic (exact) mass is 277 g/mol. The van der Waals surface area contributed by atoms with E-state index in [2.05, 4.69) is 10.6 Å². The molecule has 0 saturated carbocycles. The number of hydrogen-bond acceptors (Lipinski definition) is 3. The van der Waals surface area contributed by atoms with Gasteiger partial charge >= 0.3 is 0 Å². The maximum Gasteiger partial charge on any atom is 0.251 e. The fraction of sp³-hybridized carbons (Fsp3) is 0.467. The molecule has 0 atom stereocenters. The van der Waals surface area contributed by atoms with Gasteiger partial charge in [0, 0.05) is 25.1 Å². The largest absolute Gasteiger partial charge is 0.352 e. The summed E-state index contributed by atoms with van der Waals surface area (Å²) in [5.74, 6) is -0.0977. The second kappa shape index (κ2) is 9.09. The summed E-state index contributed by atoms with van der Waals surface area (Å²) in [6.45, 7) is 3.62. The van der Waals surface area contributed by atoms with E-state index in [9.17, 15) is 9.59 Å². The van der Waals surface area contributed by atoms with Gasteiger partial charge in [0.25, 0.3) is 5.91 Å². The smallest absolute Gasteiger partial charge is 0.251 e. The zero-order valence-corrected chi connectivity index (χ0v) is 11.9. The van der Waals surface area contributed by atoms with Crippen LogP contribution in [0.4, 0.5) is 0 Å². The molecule has 0 aliphatic rings. The molecule has 1 aromatic carbocycles. The quantitative estimate of drug-likeness (QED) is 0.667. The van der Waals surface area contributed by atoms with E-state index >= 15 is 0 Å². The van der Waals surface area contributed by atoms with E-state index in [0.29, 0.717) is 38.0 Å². The number of hydrogen-bond donors (Lipinski definition) is 3. The lowest BCUT2D eigenvalue weighted by Crippen LogP contribution is -2.25. The molecule has 20 heavy (non-hydrogen) atoms. The Bertz CT molecular complexity index is 446. The van der Waals surface area contributed by atoms with Gasteiger partial charge in [0.05, 0.1) is 0 Å². The first-order valence-electron chi connectivity index (χ1n) is 7.01. The fourth-order valence-electron chi connectivity index (χ4n) is 1.71. The lowest BCUT2D eigenvalue weighted by molar-refractivity contribution is -0.121. The highest BCUT2D eigenvalue weighted by molar-refractivity contribution is 5.94. The normalized spacial score (nSPS) is 10.1. The first kappa shape index (κ1) is 16.2. The molecule has 0 spiro atoms. The Morgan fingerprint density at radius 2 is 2.05 bits per heavy atom. The van der Waals surface area contributed by atoms with Gasteiger partial charge in [-0.1, -0.05) is 19.1 Å². The standard InChI is InChI=1S/C15H23N3O2/c1-2-9-17-15(20)13-6-3-5-12(10-13)11-18-14(19)7-4-8-16/h3,5-6,10H,2,4,7-9,11,16H2,1H3,(H,17,20)(H,18,19). The Morgan fingerprint density at radius 3 is 2.75 bits per heavy atom. The summed E-state index contributed by atoms with van der Waals surface area (Å²) < 4.78 is 0. The topological polar surface area (TPSA) is 84.2 Å². The van der Waals surface area contributed by atoms with Gasteiger partial charge in [0.1, 0.15) is 0 Å². The molecule has 5 nitrogen and oxygen atoms in total. The van der Waals surface area contributed by atoms with Gasteiger partial charge in [0.15, 0.2) is 0 Å². The van der Waals surface area contributed by atoms with Crippen molar-refractivity contribution in [2.45, 2.75) is 32.7 Å². The van der Waals surface area contributed by atoms with Crippen LogP contribution in [0, 0.1) is 0 Å². The van der Waals surface area contributed by atoms with E-state index in [-0.39, 0.29) is 11.8 Å². The van der Waals surface area contributed by atoms with Gasteiger partial charge in [-0.3, -0.25) is 9.59 Å². The second-order valence-electron chi connectivity index (χ2n) is 4.63. The molecule has 4 N–H and O–H groups in total. The summed E-state index contributed by atoms with van der Waals surface area (Å²) in [6.07, 6.45) is 2.03. The first-order chi connectivity index (χ1) is 9.67. The first-order valence-corrected chi connectivity index (χ1v) is 7.01. The molecule has 0 aliphatic heterocycles. The highest BCUT2D eigenvalue weighted by atomic mass is 16.2. The third kappa shape index (κ3) is 5.84. The predicted octanol–water partition coefficient (Wildman–Crippen LogP) is 1.18. The molecule has 5 heteroatoms. The lowest BCUT2D eigenvalue weighted by atomic mass is 10.1. The zero-order chi connectivity index (χ0) is 14.8. The van der Waals surface area contributed by atoms with Crippen LogP contribution >= 0.6 is 0 Å². The number of rotatable bonds is 8. The second-order valence-corrected chi connectivity index (χ2v) is 4.63. The number of benzene rings is 1. The van der Waals surface area contributed by atoms with Crippen LogP contribution in [0.25, 0.3) is 0 Å². The highest BCUT2D eigenvalue weighted by Gasteiger charge is 2.06. The highest BCUT2D eigenvalue weighted by Crippen LogP contribution is 2.05. The molecular formula is C15H23N3O2. The fourth-order valence-corrected chi connectivity index (χ4v) is 1.71. The molecule has 0 aromatic heterocycles. The summed E-state index contributed by atoms with van der Waals surface area (Å²) in [5, 5.41) is 5.65. The van der Waals surface area contributed by atoms with Gasteiger partial charge in [-0.05, 0) is 37.1 Å².